The van der Waals surface area contributed by atoms with Gasteiger partial charge in [-0.05, 0) is 55.7 Å². The number of hydrogen-bond donors (Lipinski definition) is 2. The van der Waals surface area contributed by atoms with Gasteiger partial charge < -0.3 is 10.6 Å². The van der Waals surface area contributed by atoms with E-state index in [-0.39, 0.29) is 5.91 Å². The molecule has 0 radical (unpaired) electrons. The second-order valence-corrected chi connectivity index (χ2v) is 7.44. The molecule has 2 aliphatic rings. The minimum absolute atomic E-state index is 0.0596. The standard InChI is InChI=1S/C17H24N4OS/c1-11(9-21(3)18-2)20-17(22)16-6-13(10-23-16)14-7-15(14)19-8-12-4-5-12/h6,9-10,12,14-15,19H,2,4-5,7-8H2,1,3H3,(H,20,22)/b11-9+/t14-,15+/m1/s1. The molecule has 1 aromatic rings. The summed E-state index contributed by atoms with van der Waals surface area (Å²) in [5, 5.41) is 13.9. The average Bonchev–Trinajstić information content (AvgIpc) is 3.43. The Kier molecular flexibility index (Phi) is 4.82. The van der Waals surface area contributed by atoms with Gasteiger partial charge in [0, 0.05) is 37.6 Å². The van der Waals surface area contributed by atoms with Crippen LogP contribution >= 0.6 is 11.3 Å². The van der Waals surface area contributed by atoms with E-state index >= 15 is 0 Å². The van der Waals surface area contributed by atoms with E-state index in [4.69, 9.17) is 0 Å². The minimum atomic E-state index is -0.0596. The molecule has 0 spiro atoms. The van der Waals surface area contributed by atoms with Gasteiger partial charge >= 0.3 is 0 Å². The molecule has 1 amide bonds. The molecule has 2 aliphatic carbocycles. The molecule has 0 unspecified atom stereocenters. The van der Waals surface area contributed by atoms with Gasteiger partial charge in [0.2, 0.25) is 0 Å². The maximum atomic E-state index is 12.3. The van der Waals surface area contributed by atoms with Crippen LogP contribution in [0.25, 0.3) is 0 Å². The summed E-state index contributed by atoms with van der Waals surface area (Å²) in [5.74, 6) is 1.44. The first kappa shape index (κ1) is 16.2. The third-order valence-electron chi connectivity index (χ3n) is 4.34. The maximum absolute atomic E-state index is 12.3. The summed E-state index contributed by atoms with van der Waals surface area (Å²) < 4.78 is 0. The quantitative estimate of drug-likeness (QED) is 0.568. The van der Waals surface area contributed by atoms with E-state index in [2.05, 4.69) is 27.8 Å². The number of thiophene rings is 1. The van der Waals surface area contributed by atoms with Crippen LogP contribution in [0.4, 0.5) is 0 Å². The van der Waals surface area contributed by atoms with Crippen molar-refractivity contribution in [3.63, 3.8) is 0 Å². The van der Waals surface area contributed by atoms with E-state index in [1.165, 1.54) is 36.2 Å². The van der Waals surface area contributed by atoms with E-state index < -0.39 is 0 Å². The van der Waals surface area contributed by atoms with Gasteiger partial charge in [-0.3, -0.25) is 9.80 Å². The summed E-state index contributed by atoms with van der Waals surface area (Å²) in [6.07, 6.45) is 5.70. The van der Waals surface area contributed by atoms with Crippen molar-refractivity contribution in [3.05, 3.63) is 33.8 Å². The number of amides is 1. The number of hydrazone groups is 1. The number of nitrogens with one attached hydrogen (secondary N) is 2. The Morgan fingerprint density at radius 3 is 3.04 bits per heavy atom. The van der Waals surface area contributed by atoms with Crippen LogP contribution in [-0.2, 0) is 0 Å². The molecule has 0 aromatic carbocycles. The van der Waals surface area contributed by atoms with Gasteiger partial charge in [0.05, 0.1) is 4.88 Å². The summed E-state index contributed by atoms with van der Waals surface area (Å²) in [6.45, 7) is 6.43. The predicted molar refractivity (Wildman–Crippen MR) is 94.7 cm³/mol. The maximum Gasteiger partial charge on any atom is 0.265 e. The van der Waals surface area contributed by atoms with E-state index in [1.807, 2.05) is 13.0 Å². The predicted octanol–water partition coefficient (Wildman–Crippen LogP) is 2.74. The molecule has 6 heteroatoms. The van der Waals surface area contributed by atoms with Crippen LogP contribution < -0.4 is 10.6 Å². The fourth-order valence-electron chi connectivity index (χ4n) is 2.69. The second-order valence-electron chi connectivity index (χ2n) is 6.53. The first-order valence-corrected chi connectivity index (χ1v) is 8.96. The van der Waals surface area contributed by atoms with E-state index in [0.717, 1.165) is 23.0 Å². The van der Waals surface area contributed by atoms with Crippen LogP contribution in [0.2, 0.25) is 0 Å². The van der Waals surface area contributed by atoms with Crippen molar-refractivity contribution in [3.8, 4) is 0 Å². The summed E-state index contributed by atoms with van der Waals surface area (Å²) in [5.41, 5.74) is 2.04. The van der Waals surface area contributed by atoms with Crippen LogP contribution in [-0.4, -0.2) is 37.3 Å². The summed E-state index contributed by atoms with van der Waals surface area (Å²) >= 11 is 1.51. The van der Waals surface area contributed by atoms with E-state index in [0.29, 0.717) is 12.0 Å². The van der Waals surface area contributed by atoms with Gasteiger partial charge in [0.1, 0.15) is 0 Å². The molecule has 1 heterocycles. The number of nitrogens with zero attached hydrogens (tertiary/aromatic N) is 2. The Balaban J connectivity index is 1.51. The number of allylic oxidation sites excluding steroid dienone is 1. The number of hydrogen-bond acceptors (Lipinski definition) is 5. The van der Waals surface area contributed by atoms with Crippen molar-refractivity contribution in [1.82, 2.24) is 15.6 Å². The summed E-state index contributed by atoms with van der Waals surface area (Å²) in [6, 6.07) is 2.64. The van der Waals surface area contributed by atoms with Crippen molar-refractivity contribution in [2.24, 2.45) is 11.0 Å². The van der Waals surface area contributed by atoms with Crippen LogP contribution in [0.3, 0.4) is 0 Å². The van der Waals surface area contributed by atoms with Gasteiger partial charge in [0.25, 0.3) is 5.91 Å². The average molecular weight is 332 g/mol. The molecule has 3 rings (SSSR count). The highest BCUT2D eigenvalue weighted by Crippen LogP contribution is 2.43. The summed E-state index contributed by atoms with van der Waals surface area (Å²) in [4.78, 5) is 13.0. The Bertz CT molecular complexity index is 620. The fraction of sp³-hybridized carbons (Fsp3) is 0.529. The normalized spacial score (nSPS) is 23.5. The van der Waals surface area contributed by atoms with Crippen molar-refractivity contribution >= 4 is 24.0 Å². The largest absolute Gasteiger partial charge is 0.324 e. The molecular weight excluding hydrogens is 308 g/mol. The number of carbonyl (C=O) groups excluding carboxylic acids is 1. The molecular formula is C17H24N4OS. The molecule has 0 bridgehead atoms. The van der Waals surface area contributed by atoms with Crippen molar-refractivity contribution in [2.75, 3.05) is 13.6 Å². The lowest BCUT2D eigenvalue weighted by Crippen LogP contribution is -2.22. The third kappa shape index (κ3) is 4.42. The second kappa shape index (κ2) is 6.84. The Morgan fingerprint density at radius 2 is 2.35 bits per heavy atom. The van der Waals surface area contributed by atoms with Gasteiger partial charge in [-0.2, -0.15) is 5.10 Å². The zero-order valence-electron chi connectivity index (χ0n) is 13.7. The lowest BCUT2D eigenvalue weighted by Gasteiger charge is -2.08. The molecule has 124 valence electrons. The van der Waals surface area contributed by atoms with Crippen LogP contribution in [0.1, 0.15) is 47.3 Å². The molecule has 23 heavy (non-hydrogen) atoms. The fourth-order valence-corrected chi connectivity index (χ4v) is 3.56. The lowest BCUT2D eigenvalue weighted by atomic mass is 10.2. The third-order valence-corrected chi connectivity index (χ3v) is 5.29. The topological polar surface area (TPSA) is 56.7 Å². The van der Waals surface area contributed by atoms with Crippen LogP contribution in [0, 0.1) is 5.92 Å². The van der Waals surface area contributed by atoms with Crippen LogP contribution in [0.15, 0.2) is 28.4 Å². The van der Waals surface area contributed by atoms with Crippen LogP contribution in [0.5, 0.6) is 0 Å². The van der Waals surface area contributed by atoms with Crippen molar-refractivity contribution in [2.45, 2.75) is 38.1 Å². The molecule has 2 fully saturated rings. The highest BCUT2D eigenvalue weighted by atomic mass is 32.1. The smallest absolute Gasteiger partial charge is 0.265 e. The SMILES string of the molecule is C=NN(C)/C=C(\C)NC(=O)c1cc([C@H]2C[C@@H]2NCC2CC2)cs1. The molecule has 5 nitrogen and oxygen atoms in total. The van der Waals surface area contributed by atoms with Crippen molar-refractivity contribution in [1.29, 1.82) is 0 Å². The zero-order valence-corrected chi connectivity index (χ0v) is 14.5. The van der Waals surface area contributed by atoms with Gasteiger partial charge in [-0.1, -0.05) is 0 Å². The Morgan fingerprint density at radius 1 is 1.57 bits per heavy atom. The molecule has 0 saturated heterocycles. The van der Waals surface area contributed by atoms with Gasteiger partial charge in [0.15, 0.2) is 0 Å². The van der Waals surface area contributed by atoms with Gasteiger partial charge in [-0.15, -0.1) is 11.3 Å². The zero-order chi connectivity index (χ0) is 16.4. The molecule has 2 N–H and O–H groups in total. The molecule has 0 aliphatic heterocycles. The highest BCUT2D eigenvalue weighted by molar-refractivity contribution is 7.12. The number of rotatable bonds is 8. The lowest BCUT2D eigenvalue weighted by molar-refractivity contribution is 0.0969. The summed E-state index contributed by atoms with van der Waals surface area (Å²) in [7, 11) is 1.77. The first-order valence-electron chi connectivity index (χ1n) is 8.08. The Hall–Kier alpha value is -1.66. The molecule has 1 aromatic heterocycles. The minimum Gasteiger partial charge on any atom is -0.324 e. The molecule has 2 saturated carbocycles. The van der Waals surface area contributed by atoms with Gasteiger partial charge in [-0.25, -0.2) is 0 Å². The van der Waals surface area contributed by atoms with E-state index in [1.54, 1.807) is 18.3 Å². The highest BCUT2D eigenvalue weighted by Gasteiger charge is 2.39. The van der Waals surface area contributed by atoms with E-state index in [9.17, 15) is 4.79 Å². The molecule has 2 atom stereocenters. The van der Waals surface area contributed by atoms with Crippen molar-refractivity contribution < 1.29 is 4.79 Å². The number of carbonyl (C=O) groups is 1. The Labute approximate surface area is 141 Å². The first-order chi connectivity index (χ1) is 11.1. The monoisotopic (exact) mass is 332 g/mol.